The van der Waals surface area contributed by atoms with Crippen LogP contribution in [0.15, 0.2) is 36.5 Å². The second-order valence-corrected chi connectivity index (χ2v) is 9.28. The first-order valence-electron chi connectivity index (χ1n) is 11.3. The molecule has 1 aliphatic carbocycles. The van der Waals surface area contributed by atoms with Crippen LogP contribution < -0.4 is 19.7 Å². The number of pyridine rings is 1. The SMILES string of the molecule is COc1cc(N2C[C@H]3CC[C@@H](C2)[C@@H]3Nc2nc(Oc3cccc(Cl)c3F)n(CC(F)(F)F)n2)ccn1. The van der Waals surface area contributed by atoms with Crippen LogP contribution in [0, 0.1) is 17.7 Å². The fraction of sp³-hybridized carbons (Fsp3) is 0.435. The summed E-state index contributed by atoms with van der Waals surface area (Å²) in [6.07, 6.45) is -0.962. The molecule has 0 radical (unpaired) electrons. The van der Waals surface area contributed by atoms with Crippen molar-refractivity contribution in [2.24, 2.45) is 11.8 Å². The molecule has 5 rings (SSSR count). The zero-order valence-electron chi connectivity index (χ0n) is 19.2. The minimum absolute atomic E-state index is 0.00221. The molecule has 1 saturated carbocycles. The van der Waals surface area contributed by atoms with Crippen molar-refractivity contribution >= 4 is 23.2 Å². The molecule has 36 heavy (non-hydrogen) atoms. The third-order valence-electron chi connectivity index (χ3n) is 6.51. The number of hydrogen-bond acceptors (Lipinski definition) is 7. The van der Waals surface area contributed by atoms with Gasteiger partial charge in [0.15, 0.2) is 11.6 Å². The average molecular weight is 527 g/mol. The number of nitrogens with one attached hydrogen (secondary N) is 1. The van der Waals surface area contributed by atoms with Gasteiger partial charge < -0.3 is 19.7 Å². The quantitative estimate of drug-likeness (QED) is 0.426. The standard InChI is InChI=1S/C23H23ClF4N6O2/c1-35-18-9-15(7-8-29-18)33-10-13-5-6-14(11-33)20(13)30-21-31-22(34(32-21)12-23(26,27)28)36-17-4-2-3-16(24)19(17)25/h2-4,7-9,13-14,20H,5-6,10-12H2,1H3,(H,30,32)/t13-,14+,20-. The number of benzene rings is 1. The fourth-order valence-corrected chi connectivity index (χ4v) is 5.09. The van der Waals surface area contributed by atoms with Gasteiger partial charge in [-0.3, -0.25) is 0 Å². The summed E-state index contributed by atoms with van der Waals surface area (Å²) in [6, 6.07) is 7.29. The maximum absolute atomic E-state index is 14.3. The van der Waals surface area contributed by atoms with E-state index in [1.54, 1.807) is 13.3 Å². The van der Waals surface area contributed by atoms with Gasteiger partial charge in [0.2, 0.25) is 11.8 Å². The van der Waals surface area contributed by atoms with Crippen molar-refractivity contribution in [3.8, 4) is 17.6 Å². The summed E-state index contributed by atoms with van der Waals surface area (Å²) in [5.41, 5.74) is 1.00. The molecular weight excluding hydrogens is 504 g/mol. The van der Waals surface area contributed by atoms with Crippen LogP contribution in [-0.4, -0.2) is 52.2 Å². The smallest absolute Gasteiger partial charge is 0.408 e. The van der Waals surface area contributed by atoms with Crippen molar-refractivity contribution in [2.45, 2.75) is 31.6 Å². The largest absolute Gasteiger partial charge is 0.481 e. The lowest BCUT2D eigenvalue weighted by Gasteiger charge is -2.39. The van der Waals surface area contributed by atoms with E-state index < -0.39 is 24.5 Å². The number of alkyl halides is 3. The molecule has 1 saturated heterocycles. The molecule has 13 heteroatoms. The van der Waals surface area contributed by atoms with Gasteiger partial charge in [-0.2, -0.15) is 18.2 Å². The molecule has 2 aliphatic rings. The van der Waals surface area contributed by atoms with Gasteiger partial charge in [0.05, 0.1) is 12.1 Å². The third-order valence-corrected chi connectivity index (χ3v) is 6.80. The van der Waals surface area contributed by atoms with Crippen molar-refractivity contribution in [3.05, 3.63) is 47.4 Å². The van der Waals surface area contributed by atoms with E-state index in [2.05, 4.69) is 25.3 Å². The maximum atomic E-state index is 14.3. The third kappa shape index (κ3) is 5.13. The van der Waals surface area contributed by atoms with E-state index in [1.807, 2.05) is 12.1 Å². The highest BCUT2D eigenvalue weighted by Gasteiger charge is 2.43. The lowest BCUT2D eigenvalue weighted by molar-refractivity contribution is -0.143. The number of fused-ring (bicyclic) bond motifs is 2. The molecule has 0 amide bonds. The first kappa shape index (κ1) is 24.4. The van der Waals surface area contributed by atoms with E-state index in [0.29, 0.717) is 10.6 Å². The van der Waals surface area contributed by atoms with Gasteiger partial charge in [0.1, 0.15) is 6.54 Å². The summed E-state index contributed by atoms with van der Waals surface area (Å²) in [5, 5.41) is 6.99. The van der Waals surface area contributed by atoms with Gasteiger partial charge in [-0.15, -0.1) is 5.10 Å². The summed E-state index contributed by atoms with van der Waals surface area (Å²) >= 11 is 5.77. The Morgan fingerprint density at radius 1 is 1.17 bits per heavy atom. The van der Waals surface area contributed by atoms with E-state index in [-0.39, 0.29) is 34.6 Å². The lowest BCUT2D eigenvalue weighted by Crippen LogP contribution is -2.48. The van der Waals surface area contributed by atoms with Crippen LogP contribution in [0.5, 0.6) is 17.6 Å². The number of aromatic nitrogens is 4. The zero-order chi connectivity index (χ0) is 25.4. The average Bonchev–Trinajstić information content (AvgIpc) is 3.29. The molecular formula is C23H23ClF4N6O2. The van der Waals surface area contributed by atoms with Crippen LogP contribution in [0.1, 0.15) is 12.8 Å². The highest BCUT2D eigenvalue weighted by Crippen LogP contribution is 2.40. The van der Waals surface area contributed by atoms with Gasteiger partial charge >= 0.3 is 12.2 Å². The molecule has 3 aromatic rings. The van der Waals surface area contributed by atoms with Crippen LogP contribution in [-0.2, 0) is 6.54 Å². The Bertz CT molecular complexity index is 1230. The number of ether oxygens (including phenoxy) is 2. The van der Waals surface area contributed by atoms with Gasteiger partial charge in [-0.1, -0.05) is 17.7 Å². The molecule has 2 aromatic heterocycles. The van der Waals surface area contributed by atoms with E-state index >= 15 is 0 Å². The van der Waals surface area contributed by atoms with Crippen LogP contribution in [0.4, 0.5) is 29.2 Å². The highest BCUT2D eigenvalue weighted by molar-refractivity contribution is 6.30. The summed E-state index contributed by atoms with van der Waals surface area (Å²) in [4.78, 5) is 10.5. The Kier molecular flexibility index (Phi) is 6.54. The molecule has 1 N–H and O–H groups in total. The molecule has 1 aliphatic heterocycles. The highest BCUT2D eigenvalue weighted by atomic mass is 35.5. The summed E-state index contributed by atoms with van der Waals surface area (Å²) in [5.74, 6) is -0.250. The second kappa shape index (κ2) is 9.64. The molecule has 0 spiro atoms. The normalized spacial score (nSPS) is 21.5. The van der Waals surface area contributed by atoms with Crippen LogP contribution in [0.3, 0.4) is 0 Å². The predicted molar refractivity (Wildman–Crippen MR) is 124 cm³/mol. The number of halogens is 5. The molecule has 8 nitrogen and oxygen atoms in total. The van der Waals surface area contributed by atoms with Crippen LogP contribution in [0.25, 0.3) is 0 Å². The van der Waals surface area contributed by atoms with Crippen molar-refractivity contribution in [3.63, 3.8) is 0 Å². The van der Waals surface area contributed by atoms with Crippen LogP contribution >= 0.6 is 11.6 Å². The number of nitrogens with zero attached hydrogens (tertiary/aromatic N) is 5. The summed E-state index contributed by atoms with van der Waals surface area (Å²) < 4.78 is 65.0. The minimum atomic E-state index is -4.58. The zero-order valence-corrected chi connectivity index (χ0v) is 19.9. The van der Waals surface area contributed by atoms with Gasteiger partial charge in [0, 0.05) is 37.1 Å². The van der Waals surface area contributed by atoms with Crippen molar-refractivity contribution in [1.82, 2.24) is 19.7 Å². The Balaban J connectivity index is 1.35. The van der Waals surface area contributed by atoms with Crippen molar-refractivity contribution < 1.29 is 27.0 Å². The second-order valence-electron chi connectivity index (χ2n) is 8.87. The monoisotopic (exact) mass is 526 g/mol. The van der Waals surface area contributed by atoms with Crippen LogP contribution in [0.2, 0.25) is 5.02 Å². The number of anilines is 2. The molecule has 2 bridgehead atoms. The summed E-state index contributed by atoms with van der Waals surface area (Å²) in [6.45, 7) is 0.0672. The molecule has 192 valence electrons. The molecule has 0 unspecified atom stereocenters. The topological polar surface area (TPSA) is 77.3 Å². The van der Waals surface area contributed by atoms with Gasteiger partial charge in [0.25, 0.3) is 0 Å². The Morgan fingerprint density at radius 2 is 1.92 bits per heavy atom. The van der Waals surface area contributed by atoms with E-state index in [0.717, 1.165) is 31.6 Å². The van der Waals surface area contributed by atoms with E-state index in [4.69, 9.17) is 21.1 Å². The Hall–Kier alpha value is -3.28. The minimum Gasteiger partial charge on any atom is -0.481 e. The van der Waals surface area contributed by atoms with E-state index in [9.17, 15) is 17.6 Å². The summed E-state index contributed by atoms with van der Waals surface area (Å²) in [7, 11) is 1.57. The fourth-order valence-electron chi connectivity index (χ4n) is 4.92. The predicted octanol–water partition coefficient (Wildman–Crippen LogP) is 5.16. The maximum Gasteiger partial charge on any atom is 0.408 e. The lowest BCUT2D eigenvalue weighted by atomic mass is 9.92. The van der Waals surface area contributed by atoms with Crippen molar-refractivity contribution in [2.75, 3.05) is 30.4 Å². The molecule has 3 heterocycles. The van der Waals surface area contributed by atoms with Gasteiger partial charge in [-0.05, 0) is 42.9 Å². The number of piperidine rings is 1. The Morgan fingerprint density at radius 3 is 2.61 bits per heavy atom. The number of rotatable bonds is 7. The first-order valence-corrected chi connectivity index (χ1v) is 11.7. The number of methoxy groups -OCH3 is 1. The molecule has 3 atom stereocenters. The Labute approximate surface area is 209 Å². The van der Waals surface area contributed by atoms with Crippen molar-refractivity contribution in [1.29, 1.82) is 0 Å². The number of hydrogen-bond donors (Lipinski definition) is 1. The molecule has 2 fully saturated rings. The molecule has 1 aromatic carbocycles. The van der Waals surface area contributed by atoms with E-state index in [1.165, 1.54) is 18.2 Å². The first-order chi connectivity index (χ1) is 17.2. The van der Waals surface area contributed by atoms with Gasteiger partial charge in [-0.25, -0.2) is 14.1 Å².